The molecule has 1 aromatic carbocycles. The number of hydrogen-bond donors (Lipinski definition) is 1. The van der Waals surface area contributed by atoms with Crippen molar-refractivity contribution in [3.8, 4) is 0 Å². The monoisotopic (exact) mass is 401 g/mol. The van der Waals surface area contributed by atoms with E-state index in [2.05, 4.69) is 22.3 Å². The van der Waals surface area contributed by atoms with E-state index in [1.165, 1.54) is 21.9 Å². The van der Waals surface area contributed by atoms with Gasteiger partial charge in [-0.25, -0.2) is 0 Å². The molecule has 1 amide bonds. The minimum absolute atomic E-state index is 0.0371. The lowest BCUT2D eigenvalue weighted by atomic mass is 10.2. The molecule has 0 saturated carbocycles. The number of amides is 1. The van der Waals surface area contributed by atoms with E-state index in [1.807, 2.05) is 29.8 Å². The van der Waals surface area contributed by atoms with Crippen molar-refractivity contribution in [1.82, 2.24) is 4.90 Å². The summed E-state index contributed by atoms with van der Waals surface area (Å²) in [4.78, 5) is 27.5. The molecule has 0 saturated heterocycles. The largest absolute Gasteiger partial charge is 0.324 e. The summed E-state index contributed by atoms with van der Waals surface area (Å²) in [5.41, 5.74) is 1.23. The van der Waals surface area contributed by atoms with Crippen LogP contribution in [0.5, 0.6) is 0 Å². The van der Waals surface area contributed by atoms with E-state index in [0.717, 1.165) is 5.56 Å². The average molecular weight is 402 g/mol. The number of nitro benzene ring substituents is 1. The number of aryl methyl sites for hydroxylation is 1. The Hall–Kier alpha value is -2.55. The first-order valence-corrected chi connectivity index (χ1v) is 10.1. The van der Waals surface area contributed by atoms with Crippen LogP contribution < -0.4 is 5.32 Å². The summed E-state index contributed by atoms with van der Waals surface area (Å²) < 4.78 is 0. The molecule has 2 heterocycles. The van der Waals surface area contributed by atoms with E-state index in [1.54, 1.807) is 28.7 Å². The number of rotatable bonds is 8. The first kappa shape index (κ1) is 19.2. The van der Waals surface area contributed by atoms with Gasteiger partial charge >= 0.3 is 0 Å². The lowest BCUT2D eigenvalue weighted by molar-refractivity contribution is -0.384. The summed E-state index contributed by atoms with van der Waals surface area (Å²) in [6.07, 6.45) is 0. The smallest absolute Gasteiger partial charge is 0.271 e. The van der Waals surface area contributed by atoms with Gasteiger partial charge in [-0.2, -0.15) is 0 Å². The number of non-ortho nitro benzene ring substituents is 1. The molecular formula is C19H19N3O3S2. The molecule has 0 aliphatic heterocycles. The number of hydrogen-bond acceptors (Lipinski definition) is 6. The van der Waals surface area contributed by atoms with E-state index < -0.39 is 4.92 Å². The van der Waals surface area contributed by atoms with Crippen molar-refractivity contribution in [2.45, 2.75) is 20.0 Å². The molecule has 0 fully saturated rings. The Bertz CT molecular complexity index is 872. The Labute approximate surface area is 165 Å². The zero-order chi connectivity index (χ0) is 19.2. The molecule has 0 radical (unpaired) electrons. The SMILES string of the molecule is Cc1ccc([N+](=O)[O-])cc1NC(=O)CN(Cc1cccs1)Cc1cccs1. The summed E-state index contributed by atoms with van der Waals surface area (Å²) in [5, 5.41) is 17.8. The predicted octanol–water partition coefficient (Wildman–Crippen LogP) is 4.67. The highest BCUT2D eigenvalue weighted by molar-refractivity contribution is 7.10. The maximum Gasteiger partial charge on any atom is 0.271 e. The van der Waals surface area contributed by atoms with Crippen molar-refractivity contribution in [2.24, 2.45) is 0 Å². The van der Waals surface area contributed by atoms with E-state index >= 15 is 0 Å². The second kappa shape index (κ2) is 8.90. The first-order valence-electron chi connectivity index (χ1n) is 8.33. The molecule has 8 heteroatoms. The molecule has 0 spiro atoms. The van der Waals surface area contributed by atoms with Crippen LogP contribution in [0.1, 0.15) is 15.3 Å². The number of nitro groups is 1. The molecule has 27 heavy (non-hydrogen) atoms. The van der Waals surface area contributed by atoms with Crippen molar-refractivity contribution in [2.75, 3.05) is 11.9 Å². The second-order valence-corrected chi connectivity index (χ2v) is 8.17. The Morgan fingerprint density at radius 1 is 1.11 bits per heavy atom. The van der Waals surface area contributed by atoms with Crippen LogP contribution in [0.4, 0.5) is 11.4 Å². The minimum atomic E-state index is -0.463. The Kier molecular flexibility index (Phi) is 6.33. The third-order valence-electron chi connectivity index (χ3n) is 3.99. The molecule has 0 bridgehead atoms. The number of anilines is 1. The van der Waals surface area contributed by atoms with Gasteiger partial charge in [0, 0.05) is 35.0 Å². The number of carbonyl (C=O) groups excluding carboxylic acids is 1. The summed E-state index contributed by atoms with van der Waals surface area (Å²) in [5.74, 6) is -0.188. The number of carbonyl (C=O) groups is 1. The third kappa shape index (κ3) is 5.46. The van der Waals surface area contributed by atoms with Gasteiger partial charge in [-0.3, -0.25) is 19.8 Å². The van der Waals surface area contributed by atoms with Crippen LogP contribution in [0.25, 0.3) is 0 Å². The Balaban J connectivity index is 1.70. The molecule has 6 nitrogen and oxygen atoms in total. The predicted molar refractivity (Wildman–Crippen MR) is 109 cm³/mol. The normalized spacial score (nSPS) is 10.9. The molecule has 1 N–H and O–H groups in total. The first-order chi connectivity index (χ1) is 13.0. The maximum atomic E-state index is 12.6. The fourth-order valence-electron chi connectivity index (χ4n) is 2.66. The highest BCUT2D eigenvalue weighted by Gasteiger charge is 2.16. The van der Waals surface area contributed by atoms with Crippen LogP contribution in [0, 0.1) is 17.0 Å². The summed E-state index contributed by atoms with van der Waals surface area (Å²) in [6, 6.07) is 12.6. The van der Waals surface area contributed by atoms with E-state index in [4.69, 9.17) is 0 Å². The van der Waals surface area contributed by atoms with E-state index in [-0.39, 0.29) is 18.1 Å². The average Bonchev–Trinajstić information content (AvgIpc) is 3.30. The highest BCUT2D eigenvalue weighted by atomic mass is 32.1. The topological polar surface area (TPSA) is 75.5 Å². The summed E-state index contributed by atoms with van der Waals surface area (Å²) >= 11 is 3.32. The van der Waals surface area contributed by atoms with Gasteiger partial charge in [0.1, 0.15) is 0 Å². The van der Waals surface area contributed by atoms with Crippen molar-refractivity contribution in [1.29, 1.82) is 0 Å². The maximum absolute atomic E-state index is 12.6. The highest BCUT2D eigenvalue weighted by Crippen LogP contribution is 2.22. The standard InChI is InChI=1S/C19H19N3O3S2/c1-14-6-7-15(22(24)25)10-18(14)20-19(23)13-21(11-16-4-2-8-26-16)12-17-5-3-9-27-17/h2-10H,11-13H2,1H3,(H,20,23). The second-order valence-electron chi connectivity index (χ2n) is 6.11. The lowest BCUT2D eigenvalue weighted by Crippen LogP contribution is -2.32. The molecule has 140 valence electrons. The van der Waals surface area contributed by atoms with E-state index in [0.29, 0.717) is 18.8 Å². The van der Waals surface area contributed by atoms with Gasteiger partial charge in [0.15, 0.2) is 0 Å². The van der Waals surface area contributed by atoms with Crippen LogP contribution in [0.15, 0.2) is 53.2 Å². The van der Waals surface area contributed by atoms with Crippen LogP contribution in [0.3, 0.4) is 0 Å². The Morgan fingerprint density at radius 2 is 1.74 bits per heavy atom. The van der Waals surface area contributed by atoms with Crippen molar-refractivity contribution in [3.05, 3.63) is 78.7 Å². The summed E-state index contributed by atoms with van der Waals surface area (Å²) in [6.45, 7) is 3.38. The molecule has 0 aliphatic rings. The molecule has 0 atom stereocenters. The van der Waals surface area contributed by atoms with Crippen LogP contribution in [-0.2, 0) is 17.9 Å². The summed E-state index contributed by atoms with van der Waals surface area (Å²) in [7, 11) is 0. The number of benzene rings is 1. The quantitative estimate of drug-likeness (QED) is 0.440. The lowest BCUT2D eigenvalue weighted by Gasteiger charge is -2.21. The Morgan fingerprint density at radius 3 is 2.26 bits per heavy atom. The van der Waals surface area contributed by atoms with Gasteiger partial charge in [0.2, 0.25) is 5.91 Å². The zero-order valence-electron chi connectivity index (χ0n) is 14.8. The van der Waals surface area contributed by atoms with Gasteiger partial charge < -0.3 is 5.32 Å². The van der Waals surface area contributed by atoms with Gasteiger partial charge in [0.25, 0.3) is 5.69 Å². The van der Waals surface area contributed by atoms with Crippen LogP contribution in [-0.4, -0.2) is 22.3 Å². The number of nitrogens with one attached hydrogen (secondary N) is 1. The van der Waals surface area contributed by atoms with Gasteiger partial charge in [-0.1, -0.05) is 18.2 Å². The fraction of sp³-hybridized carbons (Fsp3) is 0.211. The van der Waals surface area contributed by atoms with Crippen LogP contribution in [0.2, 0.25) is 0 Å². The minimum Gasteiger partial charge on any atom is -0.324 e. The molecule has 3 rings (SSSR count). The number of nitrogens with zero attached hydrogens (tertiary/aromatic N) is 2. The van der Waals surface area contributed by atoms with Gasteiger partial charge in [-0.05, 0) is 35.4 Å². The molecule has 0 unspecified atom stereocenters. The molecular weight excluding hydrogens is 382 g/mol. The van der Waals surface area contributed by atoms with Crippen molar-refractivity contribution < 1.29 is 9.72 Å². The zero-order valence-corrected chi connectivity index (χ0v) is 16.4. The molecule has 3 aromatic rings. The van der Waals surface area contributed by atoms with Gasteiger partial charge in [0.05, 0.1) is 17.2 Å². The van der Waals surface area contributed by atoms with Crippen molar-refractivity contribution >= 4 is 40.0 Å². The van der Waals surface area contributed by atoms with Crippen LogP contribution >= 0.6 is 22.7 Å². The fourth-order valence-corrected chi connectivity index (χ4v) is 4.16. The molecule has 2 aromatic heterocycles. The van der Waals surface area contributed by atoms with Crippen molar-refractivity contribution in [3.63, 3.8) is 0 Å². The van der Waals surface area contributed by atoms with E-state index in [9.17, 15) is 14.9 Å². The molecule has 0 aliphatic carbocycles. The number of thiophene rings is 2. The third-order valence-corrected chi connectivity index (χ3v) is 5.71. The van der Waals surface area contributed by atoms with Gasteiger partial charge in [-0.15, -0.1) is 22.7 Å².